The van der Waals surface area contributed by atoms with E-state index in [1.165, 1.54) is 23.5 Å². The number of hydrogen-bond acceptors (Lipinski definition) is 5. The smallest absolute Gasteiger partial charge is 0.274 e. The molecule has 6 nitrogen and oxygen atoms in total. The molecule has 194 valence electrons. The minimum Gasteiger partial charge on any atom is -0.489 e. The van der Waals surface area contributed by atoms with Crippen molar-refractivity contribution in [3.8, 4) is 22.7 Å². The van der Waals surface area contributed by atoms with Crippen LogP contribution in [0.3, 0.4) is 0 Å². The van der Waals surface area contributed by atoms with Gasteiger partial charge in [-0.2, -0.15) is 5.10 Å². The summed E-state index contributed by atoms with van der Waals surface area (Å²) in [7, 11) is 0. The number of benzene rings is 4. The maximum atomic E-state index is 13.5. The summed E-state index contributed by atoms with van der Waals surface area (Å²) in [5.74, 6) is 0.379. The van der Waals surface area contributed by atoms with E-state index >= 15 is 0 Å². The monoisotopic (exact) mass is 544 g/mol. The van der Waals surface area contributed by atoms with Crippen LogP contribution in [0.4, 0.5) is 4.39 Å². The van der Waals surface area contributed by atoms with Crippen LogP contribution >= 0.6 is 11.3 Å². The number of fused-ring (bicyclic) bond motifs is 3. The zero-order valence-electron chi connectivity index (χ0n) is 21.1. The SMILES string of the molecule is O=c1c(=Cc2cn(-c3ccccc3)nc2-c2cccc(OCc3ccc(F)cc3)c2)sc2nc3ccccc3n12. The molecule has 0 radical (unpaired) electrons. The highest BCUT2D eigenvalue weighted by molar-refractivity contribution is 7.15. The van der Waals surface area contributed by atoms with Crippen molar-refractivity contribution < 1.29 is 9.13 Å². The first-order valence-electron chi connectivity index (χ1n) is 12.7. The Kier molecular flexibility index (Phi) is 5.94. The average molecular weight is 545 g/mol. The fourth-order valence-electron chi connectivity index (χ4n) is 4.66. The minimum absolute atomic E-state index is 0.108. The first-order chi connectivity index (χ1) is 19.6. The van der Waals surface area contributed by atoms with E-state index in [1.54, 1.807) is 16.5 Å². The largest absolute Gasteiger partial charge is 0.489 e. The molecule has 0 saturated heterocycles. The Labute approximate surface area is 231 Å². The fourth-order valence-corrected chi connectivity index (χ4v) is 5.64. The van der Waals surface area contributed by atoms with Gasteiger partial charge in [0.2, 0.25) is 0 Å². The number of imidazole rings is 1. The van der Waals surface area contributed by atoms with Gasteiger partial charge in [-0.05, 0) is 60.2 Å². The van der Waals surface area contributed by atoms with Gasteiger partial charge in [0.15, 0.2) is 4.96 Å². The molecule has 0 aliphatic heterocycles. The molecule has 40 heavy (non-hydrogen) atoms. The van der Waals surface area contributed by atoms with Gasteiger partial charge in [0.1, 0.15) is 23.9 Å². The van der Waals surface area contributed by atoms with Crippen molar-refractivity contribution in [1.82, 2.24) is 19.2 Å². The summed E-state index contributed by atoms with van der Waals surface area (Å²) in [6, 6.07) is 31.4. The minimum atomic E-state index is -0.281. The second kappa shape index (κ2) is 9.91. The molecule has 0 aliphatic carbocycles. The summed E-state index contributed by atoms with van der Waals surface area (Å²) in [5.41, 5.74) is 5.61. The number of halogens is 1. The summed E-state index contributed by atoms with van der Waals surface area (Å²) < 4.78 is 23.3. The fraction of sp³-hybridized carbons (Fsp3) is 0.0312. The molecule has 0 N–H and O–H groups in total. The normalized spacial score (nSPS) is 12.0. The number of hydrogen-bond donors (Lipinski definition) is 0. The lowest BCUT2D eigenvalue weighted by Gasteiger charge is -2.08. The maximum Gasteiger partial charge on any atom is 0.274 e. The van der Waals surface area contributed by atoms with Gasteiger partial charge >= 0.3 is 0 Å². The summed E-state index contributed by atoms with van der Waals surface area (Å²) in [4.78, 5) is 18.8. The van der Waals surface area contributed by atoms with Crippen LogP contribution in [-0.4, -0.2) is 19.2 Å². The molecule has 3 heterocycles. The van der Waals surface area contributed by atoms with Crippen molar-refractivity contribution in [1.29, 1.82) is 0 Å². The molecule has 0 saturated carbocycles. The van der Waals surface area contributed by atoms with Gasteiger partial charge in [0.05, 0.1) is 21.3 Å². The van der Waals surface area contributed by atoms with Crippen molar-refractivity contribution in [3.63, 3.8) is 0 Å². The average Bonchev–Trinajstić information content (AvgIpc) is 3.66. The third-order valence-corrected chi connectivity index (χ3v) is 7.59. The van der Waals surface area contributed by atoms with Crippen LogP contribution < -0.4 is 14.8 Å². The molecule has 3 aromatic heterocycles. The Balaban J connectivity index is 1.32. The molecule has 4 aromatic carbocycles. The number of ether oxygens (including phenoxy) is 1. The van der Waals surface area contributed by atoms with Crippen LogP contribution in [0.1, 0.15) is 11.1 Å². The van der Waals surface area contributed by atoms with Crippen LogP contribution in [0, 0.1) is 5.82 Å². The Morgan fingerprint density at radius 1 is 0.900 bits per heavy atom. The first kappa shape index (κ1) is 24.0. The maximum absolute atomic E-state index is 13.5. The topological polar surface area (TPSA) is 61.4 Å². The second-order valence-corrected chi connectivity index (χ2v) is 10.3. The summed E-state index contributed by atoms with van der Waals surface area (Å²) in [6.07, 6.45) is 3.81. The quantitative estimate of drug-likeness (QED) is 0.257. The van der Waals surface area contributed by atoms with Crippen LogP contribution in [0.2, 0.25) is 0 Å². The molecule has 8 heteroatoms. The Morgan fingerprint density at radius 3 is 2.55 bits per heavy atom. The summed E-state index contributed by atoms with van der Waals surface area (Å²) >= 11 is 1.36. The first-order valence-corrected chi connectivity index (χ1v) is 13.5. The highest BCUT2D eigenvalue weighted by atomic mass is 32.1. The van der Waals surface area contributed by atoms with Gasteiger partial charge in [-0.15, -0.1) is 0 Å². The Morgan fingerprint density at radius 2 is 1.70 bits per heavy atom. The molecule has 0 bridgehead atoms. The van der Waals surface area contributed by atoms with E-state index in [1.807, 2.05) is 95.8 Å². The van der Waals surface area contributed by atoms with E-state index in [4.69, 9.17) is 9.84 Å². The molecular weight excluding hydrogens is 523 g/mol. The van der Waals surface area contributed by atoms with Crippen molar-refractivity contribution in [3.05, 3.63) is 141 Å². The molecule has 0 aliphatic rings. The molecule has 0 fully saturated rings. The second-order valence-electron chi connectivity index (χ2n) is 9.29. The predicted octanol–water partition coefficient (Wildman–Crippen LogP) is 6.03. The Bertz CT molecular complexity index is 2100. The highest BCUT2D eigenvalue weighted by Crippen LogP contribution is 2.28. The number of aromatic nitrogens is 4. The lowest BCUT2D eigenvalue weighted by molar-refractivity contribution is 0.306. The van der Waals surface area contributed by atoms with Crippen LogP contribution in [-0.2, 0) is 6.61 Å². The molecule has 0 atom stereocenters. The zero-order valence-corrected chi connectivity index (χ0v) is 21.9. The van der Waals surface area contributed by atoms with E-state index in [2.05, 4.69) is 4.98 Å². The van der Waals surface area contributed by atoms with Gasteiger partial charge < -0.3 is 4.74 Å². The lowest BCUT2D eigenvalue weighted by atomic mass is 10.1. The van der Waals surface area contributed by atoms with Gasteiger partial charge in [-0.3, -0.25) is 4.79 Å². The number of thiazole rings is 1. The molecular formula is C32H21FN4O2S. The van der Waals surface area contributed by atoms with Crippen molar-refractivity contribution in [2.75, 3.05) is 0 Å². The molecule has 7 rings (SSSR count). The van der Waals surface area contributed by atoms with E-state index in [-0.39, 0.29) is 11.4 Å². The van der Waals surface area contributed by atoms with Crippen LogP contribution in [0.15, 0.2) is 114 Å². The Hall–Kier alpha value is -5.08. The zero-order chi connectivity index (χ0) is 27.1. The van der Waals surface area contributed by atoms with Crippen molar-refractivity contribution in [2.24, 2.45) is 0 Å². The molecule has 7 aromatic rings. The number of rotatable bonds is 6. The third kappa shape index (κ3) is 4.44. The van der Waals surface area contributed by atoms with Gasteiger partial charge in [-0.25, -0.2) is 18.5 Å². The molecule has 0 spiro atoms. The highest BCUT2D eigenvalue weighted by Gasteiger charge is 2.15. The molecule has 0 amide bonds. The van der Waals surface area contributed by atoms with E-state index in [0.717, 1.165) is 33.4 Å². The standard InChI is InChI=1S/C32H21FN4O2S/c33-24-15-13-21(14-16-24)20-39-26-10-6-7-22(17-26)30-23(19-36(35-30)25-8-2-1-3-9-25)18-29-31(38)37-28-12-5-4-11-27(28)34-32(37)40-29/h1-19H,20H2. The van der Waals surface area contributed by atoms with E-state index in [9.17, 15) is 9.18 Å². The van der Waals surface area contributed by atoms with E-state index in [0.29, 0.717) is 27.5 Å². The third-order valence-electron chi connectivity index (χ3n) is 6.62. The van der Waals surface area contributed by atoms with Crippen LogP contribution in [0.25, 0.3) is 39.0 Å². The van der Waals surface area contributed by atoms with Crippen LogP contribution in [0.5, 0.6) is 5.75 Å². The summed E-state index contributed by atoms with van der Waals surface area (Å²) in [5, 5.41) is 4.91. The molecule has 0 unspecified atom stereocenters. The van der Waals surface area contributed by atoms with Crippen molar-refractivity contribution in [2.45, 2.75) is 6.61 Å². The van der Waals surface area contributed by atoms with Gasteiger partial charge in [0, 0.05) is 17.3 Å². The van der Waals surface area contributed by atoms with Gasteiger partial charge in [-0.1, -0.05) is 65.9 Å². The summed E-state index contributed by atoms with van der Waals surface area (Å²) in [6.45, 7) is 0.309. The van der Waals surface area contributed by atoms with Gasteiger partial charge in [0.25, 0.3) is 5.56 Å². The van der Waals surface area contributed by atoms with E-state index < -0.39 is 0 Å². The predicted molar refractivity (Wildman–Crippen MR) is 155 cm³/mol. The number of nitrogens with zero attached hydrogens (tertiary/aromatic N) is 4. The van der Waals surface area contributed by atoms with Crippen molar-refractivity contribution >= 4 is 33.4 Å². The lowest BCUT2D eigenvalue weighted by Crippen LogP contribution is -2.22. The number of para-hydroxylation sites is 3.